The largest absolute Gasteiger partial charge is 0.574 e. The van der Waals surface area contributed by atoms with Crippen molar-refractivity contribution in [2.45, 2.75) is 11.7 Å². The third-order valence-electron chi connectivity index (χ3n) is 1.78. The fraction of sp³-hybridized carbons (Fsp3) is 0.333. The number of carbonyl (C=O) groups is 1. The molecule has 0 radical (unpaired) electrons. The summed E-state index contributed by atoms with van der Waals surface area (Å²) >= 11 is 2.89. The Labute approximate surface area is 107 Å². The number of nitrogens with zero attached hydrogens (tertiary/aromatic N) is 1. The van der Waals surface area contributed by atoms with Crippen LogP contribution in [0.1, 0.15) is 16.1 Å². The van der Waals surface area contributed by atoms with Gasteiger partial charge in [0.25, 0.3) is 0 Å². The van der Waals surface area contributed by atoms with Gasteiger partial charge < -0.3 is 9.47 Å². The molecule has 0 bridgehead atoms. The summed E-state index contributed by atoms with van der Waals surface area (Å²) in [6.07, 6.45) is -5.03. The van der Waals surface area contributed by atoms with Gasteiger partial charge >= 0.3 is 12.3 Å². The van der Waals surface area contributed by atoms with Crippen LogP contribution in [0.4, 0.5) is 17.6 Å². The molecule has 0 aliphatic carbocycles. The zero-order chi connectivity index (χ0) is 13.9. The summed E-state index contributed by atoms with van der Waals surface area (Å²) in [6, 6.07) is 0.441. The average molecular weight is 332 g/mol. The molecular weight excluding hydrogens is 326 g/mol. The number of pyridine rings is 1. The number of hydrogen-bond donors (Lipinski definition) is 0. The molecule has 0 saturated heterocycles. The SMILES string of the molecule is COC(=O)c1nc(OC(F)(F)F)cc(F)c1CBr. The summed E-state index contributed by atoms with van der Waals surface area (Å²) < 4.78 is 57.1. The Morgan fingerprint density at radius 3 is 2.56 bits per heavy atom. The number of esters is 1. The van der Waals surface area contributed by atoms with Gasteiger partial charge in [-0.2, -0.15) is 0 Å². The lowest BCUT2D eigenvalue weighted by Crippen LogP contribution is -2.20. The highest BCUT2D eigenvalue weighted by atomic mass is 79.9. The molecule has 0 spiro atoms. The summed E-state index contributed by atoms with van der Waals surface area (Å²) in [5.74, 6) is -3.18. The zero-order valence-corrected chi connectivity index (χ0v) is 10.4. The number of aromatic nitrogens is 1. The quantitative estimate of drug-likeness (QED) is 0.485. The molecule has 0 fully saturated rings. The van der Waals surface area contributed by atoms with Crippen molar-refractivity contribution in [3.63, 3.8) is 0 Å². The van der Waals surface area contributed by atoms with Gasteiger partial charge in [0.15, 0.2) is 5.69 Å². The third kappa shape index (κ3) is 3.56. The van der Waals surface area contributed by atoms with Gasteiger partial charge in [-0.25, -0.2) is 14.2 Å². The number of alkyl halides is 4. The van der Waals surface area contributed by atoms with E-state index in [0.717, 1.165) is 7.11 Å². The van der Waals surface area contributed by atoms with Crippen LogP contribution < -0.4 is 4.74 Å². The first kappa shape index (κ1) is 14.7. The molecule has 18 heavy (non-hydrogen) atoms. The van der Waals surface area contributed by atoms with E-state index in [-0.39, 0.29) is 10.9 Å². The fourth-order valence-corrected chi connectivity index (χ4v) is 1.62. The molecule has 0 aromatic carbocycles. The Kier molecular flexibility index (Phi) is 4.49. The van der Waals surface area contributed by atoms with Gasteiger partial charge in [-0.15, -0.1) is 13.2 Å². The molecule has 100 valence electrons. The monoisotopic (exact) mass is 331 g/mol. The van der Waals surface area contributed by atoms with Crippen molar-refractivity contribution in [1.82, 2.24) is 4.98 Å². The lowest BCUT2D eigenvalue weighted by molar-refractivity contribution is -0.276. The van der Waals surface area contributed by atoms with Crippen molar-refractivity contribution in [2.75, 3.05) is 7.11 Å². The first-order valence-corrected chi connectivity index (χ1v) is 5.50. The maximum atomic E-state index is 13.5. The van der Waals surface area contributed by atoms with Crippen LogP contribution in [0.15, 0.2) is 6.07 Å². The highest BCUT2D eigenvalue weighted by molar-refractivity contribution is 9.08. The minimum absolute atomic E-state index is 0.109. The van der Waals surface area contributed by atoms with Crippen LogP contribution in [0.25, 0.3) is 0 Å². The van der Waals surface area contributed by atoms with E-state index in [2.05, 4.69) is 30.4 Å². The number of hydrogen-bond acceptors (Lipinski definition) is 4. The lowest BCUT2D eigenvalue weighted by Gasteiger charge is -2.11. The Hall–Kier alpha value is -1.38. The number of halogens is 5. The van der Waals surface area contributed by atoms with Crippen molar-refractivity contribution in [2.24, 2.45) is 0 Å². The average Bonchev–Trinajstić information content (AvgIpc) is 2.25. The molecule has 0 atom stereocenters. The summed E-state index contributed by atoms with van der Waals surface area (Å²) in [4.78, 5) is 14.5. The predicted molar refractivity (Wildman–Crippen MR) is 54.8 cm³/mol. The first-order chi connectivity index (χ1) is 8.28. The summed E-state index contributed by atoms with van der Waals surface area (Å²) in [5.41, 5.74) is -0.787. The second kappa shape index (κ2) is 5.51. The first-order valence-electron chi connectivity index (χ1n) is 4.38. The van der Waals surface area contributed by atoms with E-state index in [9.17, 15) is 22.4 Å². The van der Waals surface area contributed by atoms with Gasteiger partial charge in [-0.3, -0.25) is 0 Å². The van der Waals surface area contributed by atoms with Gasteiger partial charge in [0.2, 0.25) is 5.88 Å². The van der Waals surface area contributed by atoms with E-state index >= 15 is 0 Å². The maximum absolute atomic E-state index is 13.5. The summed E-state index contributed by atoms with van der Waals surface area (Å²) in [6.45, 7) is 0. The second-order valence-corrected chi connectivity index (χ2v) is 3.50. The number of rotatable bonds is 3. The minimum atomic E-state index is -5.03. The van der Waals surface area contributed by atoms with Crippen molar-refractivity contribution >= 4 is 21.9 Å². The van der Waals surface area contributed by atoms with Crippen molar-refractivity contribution in [1.29, 1.82) is 0 Å². The minimum Gasteiger partial charge on any atom is -0.464 e. The molecule has 0 aliphatic heterocycles. The number of carbonyl (C=O) groups excluding carboxylic acids is 1. The molecule has 0 amide bonds. The van der Waals surface area contributed by atoms with E-state index < -0.39 is 29.7 Å². The van der Waals surface area contributed by atoms with E-state index in [1.807, 2.05) is 0 Å². The van der Waals surface area contributed by atoms with Gasteiger partial charge in [0.1, 0.15) is 5.82 Å². The van der Waals surface area contributed by atoms with Gasteiger partial charge in [0.05, 0.1) is 7.11 Å². The molecule has 0 aliphatic rings. The van der Waals surface area contributed by atoms with Gasteiger partial charge in [-0.05, 0) is 0 Å². The normalized spacial score (nSPS) is 11.2. The molecule has 1 aromatic heterocycles. The van der Waals surface area contributed by atoms with Crippen molar-refractivity contribution in [3.8, 4) is 5.88 Å². The smallest absolute Gasteiger partial charge is 0.464 e. The fourth-order valence-electron chi connectivity index (χ4n) is 1.08. The Morgan fingerprint density at radius 2 is 2.11 bits per heavy atom. The standard InChI is InChI=1S/C9H6BrF4NO3/c1-17-8(16)7-4(3-10)5(11)2-6(15-7)18-9(12,13)14/h2H,3H2,1H3. The number of methoxy groups -OCH3 is 1. The van der Waals surface area contributed by atoms with Crippen LogP contribution in [0.5, 0.6) is 5.88 Å². The van der Waals surface area contributed by atoms with Crippen LogP contribution in [0.2, 0.25) is 0 Å². The summed E-state index contributed by atoms with van der Waals surface area (Å²) in [7, 11) is 0.997. The van der Waals surface area contributed by atoms with Gasteiger partial charge in [0, 0.05) is 17.0 Å². The van der Waals surface area contributed by atoms with Crippen LogP contribution in [-0.4, -0.2) is 24.4 Å². The molecular formula is C9H6BrF4NO3. The molecule has 0 unspecified atom stereocenters. The highest BCUT2D eigenvalue weighted by Crippen LogP contribution is 2.25. The Morgan fingerprint density at radius 1 is 1.50 bits per heavy atom. The predicted octanol–water partition coefficient (Wildman–Crippen LogP) is 2.80. The van der Waals surface area contributed by atoms with Crippen molar-refractivity contribution in [3.05, 3.63) is 23.1 Å². The van der Waals surface area contributed by atoms with E-state index in [4.69, 9.17) is 0 Å². The van der Waals surface area contributed by atoms with Crippen molar-refractivity contribution < 1.29 is 31.8 Å². The van der Waals surface area contributed by atoms with Crippen LogP contribution >= 0.6 is 15.9 Å². The zero-order valence-electron chi connectivity index (χ0n) is 8.85. The number of ether oxygens (including phenoxy) is 2. The Balaban J connectivity index is 3.26. The second-order valence-electron chi connectivity index (χ2n) is 2.94. The van der Waals surface area contributed by atoms with Crippen LogP contribution in [0, 0.1) is 5.82 Å². The maximum Gasteiger partial charge on any atom is 0.574 e. The molecule has 1 aromatic rings. The van der Waals surface area contributed by atoms with Crippen LogP contribution in [0.3, 0.4) is 0 Å². The third-order valence-corrected chi connectivity index (χ3v) is 2.34. The van der Waals surface area contributed by atoms with Crippen LogP contribution in [-0.2, 0) is 10.1 Å². The molecule has 0 saturated carbocycles. The molecule has 1 rings (SSSR count). The lowest BCUT2D eigenvalue weighted by atomic mass is 10.2. The molecule has 1 heterocycles. The Bertz CT molecular complexity index is 464. The van der Waals surface area contributed by atoms with Gasteiger partial charge in [-0.1, -0.05) is 15.9 Å². The van der Waals surface area contributed by atoms with E-state index in [1.54, 1.807) is 0 Å². The topological polar surface area (TPSA) is 48.4 Å². The highest BCUT2D eigenvalue weighted by Gasteiger charge is 2.33. The summed E-state index contributed by atoms with van der Waals surface area (Å²) in [5, 5.41) is -0.109. The molecule has 4 nitrogen and oxygen atoms in total. The molecule has 0 N–H and O–H groups in total. The van der Waals surface area contributed by atoms with E-state index in [1.165, 1.54) is 0 Å². The van der Waals surface area contributed by atoms with E-state index in [0.29, 0.717) is 6.07 Å². The molecule has 9 heteroatoms.